The molecule has 2 N–H and O–H groups in total. The number of nitrogens with one attached hydrogen (secondary N) is 1. The molecular weight excluding hydrogens is 500 g/mol. The number of hydrogen-bond donors (Lipinski definition) is 2. The highest BCUT2D eigenvalue weighted by molar-refractivity contribution is 7.89. The lowest BCUT2D eigenvalue weighted by molar-refractivity contribution is -0.142. The van der Waals surface area contributed by atoms with Crippen LogP contribution in [-0.2, 0) is 21.2 Å². The standard InChI is InChI=1S/C25H26F4N2O4S/c26-13-36(34,35)30-23-20(31(12-25(23)6-7-25)24(33)22(32)14-4-5-14)10-15-2-1-3-19(21(15)29)16-8-17(27)11-18(28)9-16/h1-3,8-9,11,14,20,22-23,30,32H,4-7,10,12-13H2/t20-,22?,23+/m0/s1. The predicted molar refractivity (Wildman–Crippen MR) is 123 cm³/mol. The van der Waals surface area contributed by atoms with E-state index < -0.39 is 63.0 Å². The van der Waals surface area contributed by atoms with Crippen molar-refractivity contribution in [2.75, 3.05) is 12.6 Å². The van der Waals surface area contributed by atoms with Crippen LogP contribution < -0.4 is 4.72 Å². The molecule has 2 saturated carbocycles. The van der Waals surface area contributed by atoms with Crippen molar-refractivity contribution in [3.63, 3.8) is 0 Å². The van der Waals surface area contributed by atoms with Crippen molar-refractivity contribution in [1.82, 2.24) is 9.62 Å². The third-order valence-electron chi connectivity index (χ3n) is 7.56. The molecule has 194 valence electrons. The molecule has 3 atom stereocenters. The summed E-state index contributed by atoms with van der Waals surface area (Å²) >= 11 is 0. The fourth-order valence-electron chi connectivity index (χ4n) is 5.35. The molecular formula is C25H26F4N2O4S. The van der Waals surface area contributed by atoms with Crippen LogP contribution in [0, 0.1) is 28.8 Å². The van der Waals surface area contributed by atoms with E-state index in [4.69, 9.17) is 0 Å². The van der Waals surface area contributed by atoms with E-state index in [1.54, 1.807) is 0 Å². The Hall–Kier alpha value is -2.50. The highest BCUT2D eigenvalue weighted by Crippen LogP contribution is 2.56. The summed E-state index contributed by atoms with van der Waals surface area (Å²) in [5.41, 5.74) is -0.584. The summed E-state index contributed by atoms with van der Waals surface area (Å²) in [7, 11) is -4.30. The molecule has 1 amide bonds. The third kappa shape index (κ3) is 4.76. The smallest absolute Gasteiger partial charge is 0.252 e. The van der Waals surface area contributed by atoms with E-state index in [2.05, 4.69) is 4.72 Å². The molecule has 1 spiro atoms. The molecule has 1 aliphatic heterocycles. The molecule has 1 unspecified atom stereocenters. The molecule has 2 aromatic rings. The van der Waals surface area contributed by atoms with Gasteiger partial charge in [-0.25, -0.2) is 30.7 Å². The number of aliphatic hydroxyl groups excluding tert-OH is 1. The van der Waals surface area contributed by atoms with Crippen LogP contribution in [0.25, 0.3) is 11.1 Å². The molecule has 11 heteroatoms. The quantitative estimate of drug-likeness (QED) is 0.517. The van der Waals surface area contributed by atoms with Gasteiger partial charge in [-0.05, 0) is 61.3 Å². The second-order valence-corrected chi connectivity index (χ2v) is 11.8. The summed E-state index contributed by atoms with van der Waals surface area (Å²) in [5, 5.41) is 10.5. The van der Waals surface area contributed by atoms with E-state index in [-0.39, 0.29) is 35.6 Å². The van der Waals surface area contributed by atoms with Crippen molar-refractivity contribution < 1.29 is 35.9 Å². The third-order valence-corrected chi connectivity index (χ3v) is 8.46. The van der Waals surface area contributed by atoms with E-state index in [9.17, 15) is 31.5 Å². The molecule has 0 aromatic heterocycles. The van der Waals surface area contributed by atoms with E-state index in [0.29, 0.717) is 31.7 Å². The summed E-state index contributed by atoms with van der Waals surface area (Å²) in [4.78, 5) is 14.6. The number of amides is 1. The van der Waals surface area contributed by atoms with Crippen LogP contribution >= 0.6 is 0 Å². The number of aliphatic hydroxyl groups is 1. The number of alkyl halides is 1. The maximum absolute atomic E-state index is 15.6. The van der Waals surface area contributed by atoms with Crippen molar-refractivity contribution in [2.45, 2.75) is 50.3 Å². The van der Waals surface area contributed by atoms with E-state index in [1.165, 1.54) is 23.1 Å². The Kier molecular flexibility index (Phi) is 6.37. The monoisotopic (exact) mass is 526 g/mol. The predicted octanol–water partition coefficient (Wildman–Crippen LogP) is 3.29. The maximum atomic E-state index is 15.6. The van der Waals surface area contributed by atoms with Gasteiger partial charge < -0.3 is 10.0 Å². The molecule has 2 aliphatic carbocycles. The summed E-state index contributed by atoms with van der Waals surface area (Å²) in [6.07, 6.45) is 1.22. The summed E-state index contributed by atoms with van der Waals surface area (Å²) in [5.74, 6) is -3.22. The Morgan fingerprint density at radius 3 is 2.39 bits per heavy atom. The van der Waals surface area contributed by atoms with Crippen LogP contribution in [0.4, 0.5) is 17.6 Å². The summed E-state index contributed by atoms with van der Waals surface area (Å²) in [6.45, 7) is 0.163. The Morgan fingerprint density at radius 1 is 1.14 bits per heavy atom. The number of nitrogens with zero attached hydrogens (tertiary/aromatic N) is 1. The molecule has 36 heavy (non-hydrogen) atoms. The van der Waals surface area contributed by atoms with Crippen LogP contribution in [0.5, 0.6) is 0 Å². The van der Waals surface area contributed by atoms with Gasteiger partial charge in [0.05, 0.1) is 6.04 Å². The average Bonchev–Trinajstić information content (AvgIpc) is 3.74. The van der Waals surface area contributed by atoms with E-state index in [0.717, 1.165) is 12.1 Å². The normalized spacial score (nSPS) is 23.8. The van der Waals surface area contributed by atoms with Crippen molar-refractivity contribution in [2.24, 2.45) is 11.3 Å². The minimum Gasteiger partial charge on any atom is -0.383 e. The first-order valence-corrected chi connectivity index (χ1v) is 13.5. The van der Waals surface area contributed by atoms with Crippen LogP contribution in [0.15, 0.2) is 36.4 Å². The second kappa shape index (κ2) is 9.11. The number of carbonyl (C=O) groups is 1. The molecule has 6 nitrogen and oxygen atoms in total. The van der Waals surface area contributed by atoms with Crippen molar-refractivity contribution >= 4 is 15.9 Å². The minimum absolute atomic E-state index is 0.0105. The Bertz CT molecular complexity index is 1280. The zero-order valence-corrected chi connectivity index (χ0v) is 20.1. The number of carbonyl (C=O) groups excluding carboxylic acids is 1. The Labute approximate surface area is 206 Å². The van der Waals surface area contributed by atoms with Gasteiger partial charge in [0.15, 0.2) is 0 Å². The van der Waals surface area contributed by atoms with Gasteiger partial charge in [0.1, 0.15) is 23.6 Å². The highest BCUT2D eigenvalue weighted by atomic mass is 32.2. The molecule has 0 bridgehead atoms. The van der Waals surface area contributed by atoms with Gasteiger partial charge in [-0.3, -0.25) is 4.79 Å². The number of rotatable bonds is 8. The molecule has 0 radical (unpaired) electrons. The van der Waals surface area contributed by atoms with E-state index >= 15 is 4.39 Å². The van der Waals surface area contributed by atoms with Gasteiger partial charge in [0.2, 0.25) is 16.0 Å². The lowest BCUT2D eigenvalue weighted by Crippen LogP contribution is -2.51. The topological polar surface area (TPSA) is 86.7 Å². The first kappa shape index (κ1) is 25.2. The van der Waals surface area contributed by atoms with Crippen molar-refractivity contribution in [3.05, 3.63) is 59.4 Å². The lowest BCUT2D eigenvalue weighted by atomic mass is 9.91. The number of sulfonamides is 1. The number of benzene rings is 2. The van der Waals surface area contributed by atoms with Crippen LogP contribution in [0.3, 0.4) is 0 Å². The molecule has 2 aromatic carbocycles. The van der Waals surface area contributed by atoms with Gasteiger partial charge in [-0.15, -0.1) is 0 Å². The zero-order valence-electron chi connectivity index (χ0n) is 19.3. The van der Waals surface area contributed by atoms with Crippen molar-refractivity contribution in [1.29, 1.82) is 0 Å². The number of hydrogen-bond acceptors (Lipinski definition) is 4. The van der Waals surface area contributed by atoms with Gasteiger partial charge in [0, 0.05) is 29.6 Å². The largest absolute Gasteiger partial charge is 0.383 e. The fraction of sp³-hybridized carbons (Fsp3) is 0.480. The maximum Gasteiger partial charge on any atom is 0.252 e. The second-order valence-electron chi connectivity index (χ2n) is 10.1. The zero-order chi connectivity index (χ0) is 25.8. The summed E-state index contributed by atoms with van der Waals surface area (Å²) in [6, 6.07) is 3.60. The Balaban J connectivity index is 1.52. The highest BCUT2D eigenvalue weighted by Gasteiger charge is 2.62. The molecule has 1 heterocycles. The van der Waals surface area contributed by atoms with Gasteiger partial charge >= 0.3 is 0 Å². The van der Waals surface area contributed by atoms with Crippen LogP contribution in [0.2, 0.25) is 0 Å². The molecule has 1 saturated heterocycles. The molecule has 3 fully saturated rings. The average molecular weight is 527 g/mol. The van der Waals surface area contributed by atoms with Gasteiger partial charge in [-0.1, -0.05) is 18.2 Å². The first-order chi connectivity index (χ1) is 17.0. The molecule has 3 aliphatic rings. The fourth-order valence-corrected chi connectivity index (χ4v) is 6.21. The SMILES string of the molecule is O=C(C(O)C1CC1)N1CC2(CC2)[C@H](NS(=O)(=O)CF)[C@@H]1Cc1cccc(-c2cc(F)cc(F)c2)c1F. The summed E-state index contributed by atoms with van der Waals surface area (Å²) < 4.78 is 83.1. The van der Waals surface area contributed by atoms with Gasteiger partial charge in [0.25, 0.3) is 5.91 Å². The van der Waals surface area contributed by atoms with E-state index in [1.807, 2.05) is 0 Å². The minimum atomic E-state index is -4.30. The Morgan fingerprint density at radius 2 is 1.81 bits per heavy atom. The lowest BCUT2D eigenvalue weighted by Gasteiger charge is -2.30. The van der Waals surface area contributed by atoms with Crippen LogP contribution in [-0.4, -0.2) is 55.1 Å². The van der Waals surface area contributed by atoms with Gasteiger partial charge in [-0.2, -0.15) is 0 Å². The molecule has 5 rings (SSSR count). The first-order valence-electron chi connectivity index (χ1n) is 11.8. The van der Waals surface area contributed by atoms with Crippen molar-refractivity contribution in [3.8, 4) is 11.1 Å². The van der Waals surface area contributed by atoms with Crippen LogP contribution in [0.1, 0.15) is 31.2 Å². The number of halogens is 4. The number of likely N-dealkylation sites (tertiary alicyclic amines) is 1.